The number of amides is 1. The van der Waals surface area contributed by atoms with E-state index in [9.17, 15) is 18.0 Å². The highest BCUT2D eigenvalue weighted by Gasteiger charge is 2.31. The van der Waals surface area contributed by atoms with Gasteiger partial charge in [-0.2, -0.15) is 0 Å². The number of alkyl halides is 3. The molecular weight excluding hydrogens is 313 g/mol. The third-order valence-electron chi connectivity index (χ3n) is 3.92. The Bertz CT molecular complexity index is 526. The molecule has 1 saturated heterocycles. The number of rotatable bonds is 4. The van der Waals surface area contributed by atoms with Crippen molar-refractivity contribution < 1.29 is 27.8 Å². The van der Waals surface area contributed by atoms with E-state index in [1.54, 1.807) is 7.05 Å². The SMILES string of the molecule is CN(C(=O)C1CCN(CO)CC1)c1ccc(OC(F)(F)F)cc1. The van der Waals surface area contributed by atoms with Gasteiger partial charge in [0.1, 0.15) is 5.75 Å². The number of benzene rings is 1. The molecule has 1 aliphatic rings. The number of carbonyl (C=O) groups excluding carboxylic acids is 1. The van der Waals surface area contributed by atoms with Crippen LogP contribution >= 0.6 is 0 Å². The summed E-state index contributed by atoms with van der Waals surface area (Å²) in [4.78, 5) is 15.7. The third kappa shape index (κ3) is 4.84. The molecule has 1 amide bonds. The van der Waals surface area contributed by atoms with E-state index in [1.807, 2.05) is 4.90 Å². The highest BCUT2D eigenvalue weighted by atomic mass is 19.4. The van der Waals surface area contributed by atoms with Crippen molar-refractivity contribution in [2.75, 3.05) is 31.8 Å². The summed E-state index contributed by atoms with van der Waals surface area (Å²) in [6, 6.07) is 5.20. The van der Waals surface area contributed by atoms with E-state index in [2.05, 4.69) is 4.74 Å². The Hall–Kier alpha value is -1.80. The Morgan fingerprint density at radius 2 is 1.87 bits per heavy atom. The van der Waals surface area contributed by atoms with Crippen LogP contribution in [0.5, 0.6) is 5.75 Å². The summed E-state index contributed by atoms with van der Waals surface area (Å²) in [6.07, 6.45) is -3.43. The minimum absolute atomic E-state index is 0.0165. The zero-order valence-corrected chi connectivity index (χ0v) is 12.7. The predicted octanol–water partition coefficient (Wildman–Crippen LogP) is 2.21. The van der Waals surface area contributed by atoms with Crippen LogP contribution in [0.3, 0.4) is 0 Å². The molecule has 0 aromatic heterocycles. The maximum Gasteiger partial charge on any atom is 0.573 e. The molecule has 0 saturated carbocycles. The number of carbonyl (C=O) groups is 1. The van der Waals surface area contributed by atoms with Gasteiger partial charge in [0.25, 0.3) is 0 Å². The molecule has 0 spiro atoms. The summed E-state index contributed by atoms with van der Waals surface area (Å²) in [5, 5.41) is 9.05. The van der Waals surface area contributed by atoms with Gasteiger partial charge in [-0.3, -0.25) is 9.69 Å². The summed E-state index contributed by atoms with van der Waals surface area (Å²) in [7, 11) is 1.60. The van der Waals surface area contributed by atoms with E-state index in [4.69, 9.17) is 5.11 Å². The lowest BCUT2D eigenvalue weighted by Gasteiger charge is -2.32. The van der Waals surface area contributed by atoms with Crippen molar-refractivity contribution >= 4 is 11.6 Å². The van der Waals surface area contributed by atoms with Crippen LogP contribution < -0.4 is 9.64 Å². The summed E-state index contributed by atoms with van der Waals surface area (Å²) in [5.74, 6) is -0.542. The van der Waals surface area contributed by atoms with Crippen LogP contribution in [0.1, 0.15) is 12.8 Å². The maximum absolute atomic E-state index is 12.4. The molecule has 8 heteroatoms. The predicted molar refractivity (Wildman–Crippen MR) is 77.9 cm³/mol. The standard InChI is InChI=1S/C15H19F3N2O3/c1-19(14(22)11-6-8-20(10-21)9-7-11)12-2-4-13(5-3-12)23-15(16,17)18/h2-5,11,21H,6-10H2,1H3. The Kier molecular flexibility index (Phi) is 5.48. The molecule has 1 aromatic carbocycles. The van der Waals surface area contributed by atoms with Crippen LogP contribution in [-0.4, -0.2) is 49.1 Å². The normalized spacial score (nSPS) is 17.1. The van der Waals surface area contributed by atoms with E-state index >= 15 is 0 Å². The molecule has 1 heterocycles. The number of aliphatic hydroxyl groups is 1. The van der Waals surface area contributed by atoms with Gasteiger partial charge in [-0.25, -0.2) is 0 Å². The van der Waals surface area contributed by atoms with E-state index in [0.717, 1.165) is 0 Å². The second-order valence-electron chi connectivity index (χ2n) is 5.47. The number of halogens is 3. The molecule has 0 bridgehead atoms. The lowest BCUT2D eigenvalue weighted by Crippen LogP contribution is -2.41. The molecular formula is C15H19F3N2O3. The van der Waals surface area contributed by atoms with Gasteiger partial charge in [0.15, 0.2) is 0 Å². The summed E-state index contributed by atoms with van der Waals surface area (Å²) in [6.45, 7) is 1.29. The first-order valence-electron chi connectivity index (χ1n) is 7.27. The minimum Gasteiger partial charge on any atom is -0.406 e. The fourth-order valence-electron chi connectivity index (χ4n) is 2.59. The van der Waals surface area contributed by atoms with E-state index < -0.39 is 6.36 Å². The molecule has 0 atom stereocenters. The highest BCUT2D eigenvalue weighted by Crippen LogP contribution is 2.27. The van der Waals surface area contributed by atoms with Crippen molar-refractivity contribution in [2.24, 2.45) is 5.92 Å². The van der Waals surface area contributed by atoms with Gasteiger partial charge in [-0.1, -0.05) is 0 Å². The number of piperidine rings is 1. The molecule has 1 aromatic rings. The van der Waals surface area contributed by atoms with Gasteiger partial charge in [-0.15, -0.1) is 13.2 Å². The number of likely N-dealkylation sites (tertiary alicyclic amines) is 1. The van der Waals surface area contributed by atoms with Crippen molar-refractivity contribution in [1.29, 1.82) is 0 Å². The topological polar surface area (TPSA) is 53.0 Å². The molecule has 0 aliphatic carbocycles. The number of hydrogen-bond acceptors (Lipinski definition) is 4. The average Bonchev–Trinajstić information content (AvgIpc) is 2.53. The zero-order valence-electron chi connectivity index (χ0n) is 12.7. The summed E-state index contributed by atoms with van der Waals surface area (Å²) >= 11 is 0. The maximum atomic E-state index is 12.4. The van der Waals surface area contributed by atoms with E-state index in [0.29, 0.717) is 31.6 Å². The van der Waals surface area contributed by atoms with Crippen molar-refractivity contribution in [2.45, 2.75) is 19.2 Å². The lowest BCUT2D eigenvalue weighted by molar-refractivity contribution is -0.274. The van der Waals surface area contributed by atoms with Crippen LogP contribution in [-0.2, 0) is 4.79 Å². The van der Waals surface area contributed by atoms with Crippen LogP contribution in [0.25, 0.3) is 0 Å². The van der Waals surface area contributed by atoms with Crippen LogP contribution in [0, 0.1) is 5.92 Å². The molecule has 1 fully saturated rings. The minimum atomic E-state index is -4.73. The third-order valence-corrected chi connectivity index (χ3v) is 3.92. The van der Waals surface area contributed by atoms with Crippen LogP contribution in [0.15, 0.2) is 24.3 Å². The molecule has 0 radical (unpaired) electrons. The summed E-state index contributed by atoms with van der Waals surface area (Å²) < 4.78 is 40.2. The van der Waals surface area contributed by atoms with Gasteiger partial charge in [0, 0.05) is 31.7 Å². The fraction of sp³-hybridized carbons (Fsp3) is 0.533. The number of ether oxygens (including phenoxy) is 1. The van der Waals surface area contributed by atoms with Crippen molar-refractivity contribution in [3.8, 4) is 5.75 Å². The molecule has 23 heavy (non-hydrogen) atoms. The van der Waals surface area contributed by atoms with Crippen molar-refractivity contribution in [3.05, 3.63) is 24.3 Å². The molecule has 0 unspecified atom stereocenters. The number of anilines is 1. The first-order chi connectivity index (χ1) is 10.8. The number of hydrogen-bond donors (Lipinski definition) is 1. The lowest BCUT2D eigenvalue weighted by atomic mass is 9.95. The second kappa shape index (κ2) is 7.18. The Morgan fingerprint density at radius 3 is 2.35 bits per heavy atom. The Labute approximate surface area is 132 Å². The molecule has 128 valence electrons. The average molecular weight is 332 g/mol. The molecule has 1 N–H and O–H groups in total. The Balaban J connectivity index is 1.97. The smallest absolute Gasteiger partial charge is 0.406 e. The van der Waals surface area contributed by atoms with Gasteiger partial charge in [0.05, 0.1) is 6.73 Å². The molecule has 5 nitrogen and oxygen atoms in total. The quantitative estimate of drug-likeness (QED) is 0.918. The van der Waals surface area contributed by atoms with Crippen LogP contribution in [0.4, 0.5) is 18.9 Å². The van der Waals surface area contributed by atoms with Gasteiger partial charge < -0.3 is 14.7 Å². The number of nitrogens with zero attached hydrogens (tertiary/aromatic N) is 2. The van der Waals surface area contributed by atoms with Crippen molar-refractivity contribution in [1.82, 2.24) is 4.90 Å². The molecule has 2 rings (SSSR count). The highest BCUT2D eigenvalue weighted by molar-refractivity contribution is 5.94. The fourth-order valence-corrected chi connectivity index (χ4v) is 2.59. The van der Waals surface area contributed by atoms with Crippen LogP contribution in [0.2, 0.25) is 0 Å². The number of aliphatic hydroxyl groups excluding tert-OH is 1. The first-order valence-corrected chi connectivity index (χ1v) is 7.27. The monoisotopic (exact) mass is 332 g/mol. The van der Waals surface area contributed by atoms with E-state index in [-0.39, 0.29) is 24.3 Å². The zero-order chi connectivity index (χ0) is 17.0. The van der Waals surface area contributed by atoms with Gasteiger partial charge in [0.2, 0.25) is 5.91 Å². The summed E-state index contributed by atoms with van der Waals surface area (Å²) in [5.41, 5.74) is 0.508. The Morgan fingerprint density at radius 1 is 1.30 bits per heavy atom. The largest absolute Gasteiger partial charge is 0.573 e. The van der Waals surface area contributed by atoms with Crippen molar-refractivity contribution in [3.63, 3.8) is 0 Å². The van der Waals surface area contributed by atoms with E-state index in [1.165, 1.54) is 29.2 Å². The second-order valence-corrected chi connectivity index (χ2v) is 5.47. The first kappa shape index (κ1) is 17.6. The molecule has 1 aliphatic heterocycles. The van der Waals surface area contributed by atoms with Gasteiger partial charge >= 0.3 is 6.36 Å². The van der Waals surface area contributed by atoms with Gasteiger partial charge in [-0.05, 0) is 37.1 Å².